The van der Waals surface area contributed by atoms with E-state index in [1.165, 1.54) is 5.57 Å². The fraction of sp³-hybridized carbons (Fsp3) is 0.588. The highest BCUT2D eigenvalue weighted by Crippen LogP contribution is 2.32. The second-order valence-corrected chi connectivity index (χ2v) is 8.54. The van der Waals surface area contributed by atoms with E-state index in [0.717, 1.165) is 40.1 Å². The molecule has 1 fully saturated rings. The molecule has 0 spiro atoms. The van der Waals surface area contributed by atoms with E-state index in [9.17, 15) is 5.11 Å². The Labute approximate surface area is 162 Å². The molecule has 1 aliphatic rings. The molecule has 2 N–H and O–H groups in total. The first kappa shape index (κ1) is 19.5. The van der Waals surface area contributed by atoms with E-state index >= 15 is 0 Å². The van der Waals surface area contributed by atoms with Gasteiger partial charge in [0.05, 0.1) is 19.0 Å². The molecule has 2 aromatic heterocycles. The summed E-state index contributed by atoms with van der Waals surface area (Å²) in [5.41, 5.74) is 2.77. The fourth-order valence-electron chi connectivity index (χ4n) is 2.78. The number of rotatable bonds is 8. The van der Waals surface area contributed by atoms with Gasteiger partial charge in [0, 0.05) is 11.6 Å². The van der Waals surface area contributed by atoms with Crippen molar-refractivity contribution in [3.05, 3.63) is 18.0 Å². The Balaban J connectivity index is 1.93. The van der Waals surface area contributed by atoms with Crippen LogP contribution in [0.15, 0.2) is 23.1 Å². The van der Waals surface area contributed by atoms with E-state index in [0.29, 0.717) is 6.54 Å². The van der Waals surface area contributed by atoms with Crippen LogP contribution in [0.1, 0.15) is 32.9 Å². The number of hydrogen-bond acceptors (Lipinski definition) is 8. The lowest BCUT2D eigenvalue weighted by Crippen LogP contribution is -2.14. The minimum absolute atomic E-state index is 0.0441. The van der Waals surface area contributed by atoms with Gasteiger partial charge in [0.1, 0.15) is 6.23 Å². The van der Waals surface area contributed by atoms with Crippen molar-refractivity contribution in [3.63, 3.8) is 0 Å². The van der Waals surface area contributed by atoms with Gasteiger partial charge in [0.2, 0.25) is 0 Å². The molecule has 0 bridgehead atoms. The fourth-order valence-corrected chi connectivity index (χ4v) is 3.98. The Morgan fingerprint density at radius 1 is 1.42 bits per heavy atom. The van der Waals surface area contributed by atoms with Gasteiger partial charge in [0.15, 0.2) is 22.1 Å². The highest BCUT2D eigenvalue weighted by atomic mass is 32.2. The Morgan fingerprint density at radius 3 is 2.96 bits per heavy atom. The summed E-state index contributed by atoms with van der Waals surface area (Å²) in [6, 6.07) is 0. The third-order valence-corrected chi connectivity index (χ3v) is 5.94. The first-order valence-corrected chi connectivity index (χ1v) is 11.0. The van der Waals surface area contributed by atoms with Gasteiger partial charge < -0.3 is 15.2 Å². The second kappa shape index (κ2) is 9.07. The van der Waals surface area contributed by atoms with Crippen LogP contribution >= 0.6 is 23.5 Å². The van der Waals surface area contributed by atoms with Gasteiger partial charge in [-0.2, -0.15) is 11.8 Å². The number of hydrogen-bond donors (Lipinski definition) is 2. The quantitative estimate of drug-likeness (QED) is 0.305. The molecule has 3 rings (SSSR count). The minimum atomic E-state index is -0.143. The van der Waals surface area contributed by atoms with Crippen molar-refractivity contribution in [1.82, 2.24) is 19.5 Å². The van der Waals surface area contributed by atoms with Gasteiger partial charge in [-0.15, -0.1) is 0 Å². The van der Waals surface area contributed by atoms with Crippen LogP contribution in [0.3, 0.4) is 0 Å². The molecule has 2 aromatic rings. The molecule has 0 aromatic carbocycles. The van der Waals surface area contributed by atoms with Crippen LogP contribution in [-0.4, -0.2) is 55.2 Å². The summed E-state index contributed by atoms with van der Waals surface area (Å²) in [4.78, 5) is 13.9. The van der Waals surface area contributed by atoms with E-state index < -0.39 is 0 Å². The SMILES string of the molecule is CSCSc1nc(NCC=C(C)C)c2ncn(C3CC[C@@H](CO)O3)c2n1. The number of fused-ring (bicyclic) bond motifs is 1. The van der Waals surface area contributed by atoms with E-state index in [-0.39, 0.29) is 18.9 Å². The summed E-state index contributed by atoms with van der Waals surface area (Å²) in [6.07, 6.45) is 7.37. The number of imidazole rings is 1. The van der Waals surface area contributed by atoms with Crippen LogP contribution in [0, 0.1) is 0 Å². The molecule has 26 heavy (non-hydrogen) atoms. The second-order valence-electron chi connectivity index (χ2n) is 6.36. The molecular formula is C17H25N5O2S2. The van der Waals surface area contributed by atoms with Gasteiger partial charge in [0.25, 0.3) is 0 Å². The van der Waals surface area contributed by atoms with Gasteiger partial charge in [-0.25, -0.2) is 15.0 Å². The smallest absolute Gasteiger partial charge is 0.192 e. The number of aliphatic hydroxyl groups is 1. The highest BCUT2D eigenvalue weighted by molar-refractivity contribution is 8.15. The normalized spacial score (nSPS) is 19.8. The van der Waals surface area contributed by atoms with Crippen molar-refractivity contribution >= 4 is 40.5 Å². The van der Waals surface area contributed by atoms with Crippen molar-refractivity contribution in [3.8, 4) is 0 Å². The van der Waals surface area contributed by atoms with Crippen LogP contribution in [0.25, 0.3) is 11.2 Å². The molecule has 0 radical (unpaired) electrons. The number of nitrogens with one attached hydrogen (secondary N) is 1. The first-order valence-electron chi connectivity index (χ1n) is 8.62. The maximum Gasteiger partial charge on any atom is 0.192 e. The largest absolute Gasteiger partial charge is 0.394 e. The molecule has 9 heteroatoms. The average Bonchev–Trinajstić information content (AvgIpc) is 3.25. The molecule has 0 amide bonds. The number of anilines is 1. The van der Waals surface area contributed by atoms with E-state index in [1.807, 2.05) is 4.57 Å². The monoisotopic (exact) mass is 395 g/mol. The number of aliphatic hydroxyl groups excluding tert-OH is 1. The molecule has 3 heterocycles. The number of aromatic nitrogens is 4. The van der Waals surface area contributed by atoms with Crippen molar-refractivity contribution in [2.45, 2.75) is 44.2 Å². The van der Waals surface area contributed by atoms with Crippen LogP contribution in [0.2, 0.25) is 0 Å². The van der Waals surface area contributed by atoms with Gasteiger partial charge in [-0.1, -0.05) is 23.4 Å². The topological polar surface area (TPSA) is 85.1 Å². The van der Waals surface area contributed by atoms with Gasteiger partial charge in [-0.3, -0.25) is 4.57 Å². The van der Waals surface area contributed by atoms with Gasteiger partial charge >= 0.3 is 0 Å². The average molecular weight is 396 g/mol. The Hall–Kier alpha value is -1.29. The Kier molecular flexibility index (Phi) is 6.80. The maximum absolute atomic E-state index is 9.33. The van der Waals surface area contributed by atoms with Crippen molar-refractivity contribution < 1.29 is 9.84 Å². The van der Waals surface area contributed by atoms with Crippen LogP contribution in [0.4, 0.5) is 5.82 Å². The Morgan fingerprint density at radius 2 is 2.27 bits per heavy atom. The number of nitrogens with zero attached hydrogens (tertiary/aromatic N) is 4. The third kappa shape index (κ3) is 4.51. The minimum Gasteiger partial charge on any atom is -0.394 e. The maximum atomic E-state index is 9.33. The number of allylic oxidation sites excluding steroid dienone is 1. The molecule has 1 aliphatic heterocycles. The lowest BCUT2D eigenvalue weighted by atomic mass is 10.2. The molecule has 7 nitrogen and oxygen atoms in total. The lowest BCUT2D eigenvalue weighted by Gasteiger charge is -2.14. The van der Waals surface area contributed by atoms with Crippen molar-refractivity contribution in [2.24, 2.45) is 0 Å². The summed E-state index contributed by atoms with van der Waals surface area (Å²) in [7, 11) is 0. The molecule has 0 aliphatic carbocycles. The Bertz CT molecular complexity index is 776. The van der Waals surface area contributed by atoms with Gasteiger partial charge in [-0.05, 0) is 32.9 Å². The van der Waals surface area contributed by atoms with E-state index in [1.54, 1.807) is 29.9 Å². The van der Waals surface area contributed by atoms with Crippen LogP contribution < -0.4 is 5.32 Å². The standard InChI is InChI=1S/C17H25N5O2S2/c1-11(2)6-7-18-15-14-16(21-17(20-15)26-10-25-3)22(9-19-14)13-5-4-12(8-23)24-13/h6,9,12-13,23H,4-5,7-8,10H2,1-3H3,(H,18,20,21)/t12-,13?/m0/s1. The summed E-state index contributed by atoms with van der Waals surface area (Å²) in [5, 5.41) is 14.3. The predicted octanol–water partition coefficient (Wildman–Crippen LogP) is 3.29. The lowest BCUT2D eigenvalue weighted by molar-refractivity contribution is -0.0207. The molecular weight excluding hydrogens is 370 g/mol. The van der Waals surface area contributed by atoms with E-state index in [4.69, 9.17) is 9.72 Å². The zero-order chi connectivity index (χ0) is 18.5. The molecule has 1 unspecified atom stereocenters. The van der Waals surface area contributed by atoms with Crippen molar-refractivity contribution in [2.75, 3.05) is 29.8 Å². The summed E-state index contributed by atoms with van der Waals surface area (Å²) < 4.78 is 7.87. The zero-order valence-electron chi connectivity index (χ0n) is 15.3. The molecule has 142 valence electrons. The first-order chi connectivity index (χ1) is 12.6. The van der Waals surface area contributed by atoms with Crippen LogP contribution in [-0.2, 0) is 4.74 Å². The summed E-state index contributed by atoms with van der Waals surface area (Å²) in [5.74, 6) is 0.742. The van der Waals surface area contributed by atoms with E-state index in [2.05, 4.69) is 41.5 Å². The summed E-state index contributed by atoms with van der Waals surface area (Å²) in [6.45, 7) is 4.88. The molecule has 1 saturated heterocycles. The number of thioether (sulfide) groups is 2. The molecule has 2 atom stereocenters. The van der Waals surface area contributed by atoms with Crippen molar-refractivity contribution in [1.29, 1.82) is 0 Å². The van der Waals surface area contributed by atoms with Crippen LogP contribution in [0.5, 0.6) is 0 Å². The third-order valence-electron chi connectivity index (χ3n) is 4.09. The summed E-state index contributed by atoms with van der Waals surface area (Å²) >= 11 is 3.35. The molecule has 0 saturated carbocycles. The highest BCUT2D eigenvalue weighted by Gasteiger charge is 2.28. The number of ether oxygens (including phenoxy) is 1. The predicted molar refractivity (Wildman–Crippen MR) is 108 cm³/mol. The zero-order valence-corrected chi connectivity index (χ0v) is 16.9.